The third-order valence-electron chi connectivity index (χ3n) is 8.30. The number of carbonyl (C=O) groups excluding carboxylic acids is 2. The third-order valence-corrected chi connectivity index (χ3v) is 8.30. The van der Waals surface area contributed by atoms with Gasteiger partial charge in [-0.25, -0.2) is 18.6 Å². The SMILES string of the molecule is Cc1ccc(Cn2ccnc2NC(=O)C2CN(CCCNC(=O)OC(C)(C)C)C[C@H]2c2ccc(F)cc2F)c(N2CCOCC2)c1. The van der Waals surface area contributed by atoms with Crippen LogP contribution in [0.4, 0.5) is 25.2 Å². The maximum Gasteiger partial charge on any atom is 0.407 e. The van der Waals surface area contributed by atoms with Crippen LogP contribution in [0.25, 0.3) is 0 Å². The van der Waals surface area contributed by atoms with E-state index in [2.05, 4.69) is 50.5 Å². The first-order valence-electron chi connectivity index (χ1n) is 15.9. The Morgan fingerprint density at radius 2 is 1.87 bits per heavy atom. The van der Waals surface area contributed by atoms with Gasteiger partial charge < -0.3 is 29.2 Å². The largest absolute Gasteiger partial charge is 0.444 e. The molecule has 0 radical (unpaired) electrons. The predicted octanol–water partition coefficient (Wildman–Crippen LogP) is 4.92. The number of rotatable bonds is 10. The maximum absolute atomic E-state index is 15.0. The lowest BCUT2D eigenvalue weighted by molar-refractivity contribution is -0.120. The van der Waals surface area contributed by atoms with Gasteiger partial charge in [-0.2, -0.15) is 0 Å². The van der Waals surface area contributed by atoms with Crippen LogP contribution in [0.5, 0.6) is 0 Å². The van der Waals surface area contributed by atoms with Crippen molar-refractivity contribution in [1.82, 2.24) is 19.8 Å². The summed E-state index contributed by atoms with van der Waals surface area (Å²) >= 11 is 0. The van der Waals surface area contributed by atoms with Gasteiger partial charge in [-0.15, -0.1) is 0 Å². The number of carbonyl (C=O) groups is 2. The van der Waals surface area contributed by atoms with Gasteiger partial charge >= 0.3 is 6.09 Å². The van der Waals surface area contributed by atoms with Gasteiger partial charge in [0, 0.05) is 62.8 Å². The highest BCUT2D eigenvalue weighted by atomic mass is 19.1. The number of hydrogen-bond acceptors (Lipinski definition) is 7. The fourth-order valence-corrected chi connectivity index (χ4v) is 6.11. The second-order valence-corrected chi connectivity index (χ2v) is 13.0. The monoisotopic (exact) mass is 638 g/mol. The van der Waals surface area contributed by atoms with Crippen LogP contribution in [0.2, 0.25) is 0 Å². The van der Waals surface area contributed by atoms with E-state index in [-0.39, 0.29) is 5.91 Å². The topological polar surface area (TPSA) is 101 Å². The third kappa shape index (κ3) is 8.61. The molecule has 46 heavy (non-hydrogen) atoms. The molecule has 3 aromatic rings. The normalized spacial score (nSPS) is 18.9. The molecule has 2 amide bonds. The number of nitrogens with zero attached hydrogens (tertiary/aromatic N) is 4. The molecular formula is C34H44F2N6O4. The molecule has 2 atom stereocenters. The zero-order valence-corrected chi connectivity index (χ0v) is 27.0. The van der Waals surface area contributed by atoms with Crippen molar-refractivity contribution >= 4 is 23.6 Å². The smallest absolute Gasteiger partial charge is 0.407 e. The van der Waals surface area contributed by atoms with Crippen LogP contribution >= 0.6 is 0 Å². The number of halogens is 2. The first-order valence-corrected chi connectivity index (χ1v) is 15.9. The Kier molecular flexibility index (Phi) is 10.6. The minimum atomic E-state index is -0.673. The highest BCUT2D eigenvalue weighted by molar-refractivity contribution is 5.92. The van der Waals surface area contributed by atoms with Crippen LogP contribution in [0.1, 0.15) is 49.8 Å². The molecule has 2 fully saturated rings. The van der Waals surface area contributed by atoms with Crippen molar-refractivity contribution in [1.29, 1.82) is 0 Å². The Balaban J connectivity index is 1.28. The second kappa shape index (κ2) is 14.6. The molecule has 2 N–H and O–H groups in total. The number of ether oxygens (including phenoxy) is 2. The molecule has 0 saturated carbocycles. The van der Waals surface area contributed by atoms with Crippen LogP contribution in [-0.4, -0.2) is 84.5 Å². The zero-order valence-electron chi connectivity index (χ0n) is 27.0. The van der Waals surface area contributed by atoms with E-state index in [4.69, 9.17) is 9.47 Å². The Morgan fingerprint density at radius 1 is 1.09 bits per heavy atom. The van der Waals surface area contributed by atoms with Crippen molar-refractivity contribution in [2.24, 2.45) is 5.92 Å². The van der Waals surface area contributed by atoms with Gasteiger partial charge in [-0.05, 0) is 69.5 Å². The molecule has 0 aliphatic carbocycles. The van der Waals surface area contributed by atoms with E-state index in [1.807, 2.05) is 10.8 Å². The number of morpholine rings is 1. The lowest BCUT2D eigenvalue weighted by Gasteiger charge is -2.31. The lowest BCUT2D eigenvalue weighted by atomic mass is 9.88. The zero-order chi connectivity index (χ0) is 32.8. The van der Waals surface area contributed by atoms with Crippen molar-refractivity contribution in [3.8, 4) is 0 Å². The van der Waals surface area contributed by atoms with Crippen molar-refractivity contribution in [2.45, 2.75) is 52.2 Å². The molecule has 2 aliphatic heterocycles. The van der Waals surface area contributed by atoms with Gasteiger partial charge in [0.1, 0.15) is 17.2 Å². The molecule has 248 valence electrons. The molecular weight excluding hydrogens is 594 g/mol. The van der Waals surface area contributed by atoms with E-state index >= 15 is 4.39 Å². The van der Waals surface area contributed by atoms with Crippen LogP contribution in [0.15, 0.2) is 48.8 Å². The first-order chi connectivity index (χ1) is 22.0. The molecule has 0 spiro atoms. The molecule has 1 unspecified atom stereocenters. The van der Waals surface area contributed by atoms with E-state index < -0.39 is 35.2 Å². The molecule has 2 saturated heterocycles. The Labute approximate surface area is 269 Å². The molecule has 10 nitrogen and oxygen atoms in total. The Bertz CT molecular complexity index is 1520. The number of aryl methyl sites for hydroxylation is 1. The van der Waals surface area contributed by atoms with Gasteiger partial charge in [-0.1, -0.05) is 18.2 Å². The molecule has 12 heteroatoms. The summed E-state index contributed by atoms with van der Waals surface area (Å²) in [5.74, 6) is -2.32. The molecule has 3 heterocycles. The van der Waals surface area contributed by atoms with Crippen LogP contribution in [0.3, 0.4) is 0 Å². The number of nitrogens with one attached hydrogen (secondary N) is 2. The summed E-state index contributed by atoms with van der Waals surface area (Å²) in [6.45, 7) is 12.7. The minimum Gasteiger partial charge on any atom is -0.444 e. The van der Waals surface area contributed by atoms with Crippen molar-refractivity contribution in [3.05, 3.63) is 77.1 Å². The maximum atomic E-state index is 15.0. The van der Waals surface area contributed by atoms with Gasteiger partial charge in [0.25, 0.3) is 0 Å². The average Bonchev–Trinajstić information content (AvgIpc) is 3.62. The van der Waals surface area contributed by atoms with Crippen molar-refractivity contribution < 1.29 is 27.8 Å². The van der Waals surface area contributed by atoms with E-state index in [0.717, 1.165) is 36.0 Å². The van der Waals surface area contributed by atoms with E-state index in [9.17, 15) is 14.0 Å². The molecule has 2 aliphatic rings. The molecule has 1 aromatic heterocycles. The van der Waals surface area contributed by atoms with Crippen LogP contribution in [0, 0.1) is 24.5 Å². The fraction of sp³-hybridized carbons (Fsp3) is 0.500. The number of anilines is 2. The summed E-state index contributed by atoms with van der Waals surface area (Å²) in [4.78, 5) is 34.7. The second-order valence-electron chi connectivity index (χ2n) is 13.0. The van der Waals surface area contributed by atoms with E-state index in [1.54, 1.807) is 27.0 Å². The summed E-state index contributed by atoms with van der Waals surface area (Å²) < 4.78 is 41.6. The van der Waals surface area contributed by atoms with E-state index in [0.29, 0.717) is 63.9 Å². The van der Waals surface area contributed by atoms with Gasteiger partial charge in [0.15, 0.2) is 0 Å². The quantitative estimate of drug-likeness (QED) is 0.304. The van der Waals surface area contributed by atoms with Crippen molar-refractivity contribution in [3.63, 3.8) is 0 Å². The van der Waals surface area contributed by atoms with E-state index in [1.165, 1.54) is 12.1 Å². The first kappa shape index (κ1) is 33.3. The number of aromatic nitrogens is 2. The number of benzene rings is 2. The minimum absolute atomic E-state index is 0.284. The summed E-state index contributed by atoms with van der Waals surface area (Å²) in [5, 5.41) is 5.75. The Hall–Kier alpha value is -4.03. The predicted molar refractivity (Wildman–Crippen MR) is 172 cm³/mol. The highest BCUT2D eigenvalue weighted by Crippen LogP contribution is 2.35. The summed E-state index contributed by atoms with van der Waals surface area (Å²) in [7, 11) is 0. The van der Waals surface area contributed by atoms with Crippen LogP contribution in [-0.2, 0) is 20.8 Å². The molecule has 0 bridgehead atoms. The highest BCUT2D eigenvalue weighted by Gasteiger charge is 2.40. The number of amides is 2. The van der Waals surface area contributed by atoms with Crippen LogP contribution < -0.4 is 15.5 Å². The summed E-state index contributed by atoms with van der Waals surface area (Å²) in [5.41, 5.74) is 3.10. The number of alkyl carbamates (subject to hydrolysis) is 1. The lowest BCUT2D eigenvalue weighted by Crippen LogP contribution is -2.37. The van der Waals surface area contributed by atoms with Gasteiger partial charge in [0.2, 0.25) is 11.9 Å². The fourth-order valence-electron chi connectivity index (χ4n) is 6.11. The summed E-state index contributed by atoms with van der Waals surface area (Å²) in [6.07, 6.45) is 3.59. The number of imidazole rings is 1. The molecule has 2 aromatic carbocycles. The number of likely N-dealkylation sites (tertiary alicyclic amines) is 1. The Morgan fingerprint density at radius 3 is 2.61 bits per heavy atom. The van der Waals surface area contributed by atoms with Crippen molar-refractivity contribution in [2.75, 3.05) is 62.7 Å². The standard InChI is InChI=1S/C34H44F2N6O4/c1-23-6-7-24(30(18-23)41-14-16-45-17-15-41)20-42-13-11-37-32(42)39-31(43)28-22-40(12-5-10-38-33(44)46-34(2,3)4)21-27(28)26-9-8-25(35)19-29(26)36/h6-9,11,13,18-19,27-28H,5,10,12,14-17,20-22H2,1-4H3,(H,38,44)(H,37,39,43)/t27-,28?/m0/s1. The summed E-state index contributed by atoms with van der Waals surface area (Å²) in [6, 6.07) is 9.86. The molecule has 5 rings (SSSR count). The number of hydrogen-bond donors (Lipinski definition) is 2. The average molecular weight is 639 g/mol. The van der Waals surface area contributed by atoms with Gasteiger partial charge in [-0.3, -0.25) is 10.1 Å². The van der Waals surface area contributed by atoms with Gasteiger partial charge in [0.05, 0.1) is 25.7 Å².